The number of aromatic nitrogens is 1. The Hall–Kier alpha value is -4.05. The van der Waals surface area contributed by atoms with Crippen LogP contribution in [-0.4, -0.2) is 100 Å². The van der Waals surface area contributed by atoms with E-state index in [0.29, 0.717) is 4.31 Å². The number of thiazole rings is 1. The molecule has 0 aliphatic carbocycles. The number of ether oxygens (including phenoxy) is 1. The van der Waals surface area contributed by atoms with Crippen molar-refractivity contribution in [1.82, 2.24) is 14.6 Å². The predicted octanol–water partition coefficient (Wildman–Crippen LogP) is 0.509. The number of nitrogens with zero attached hydrogens (tertiary/aromatic N) is 3. The Bertz CT molecular complexity index is 1410. The number of carbonyl (C=O) groups excluding carboxylic acids is 3. The first-order valence-electron chi connectivity index (χ1n) is 12.1. The molecule has 0 saturated carbocycles. The number of nitrogens with one attached hydrogen (secondary N) is 1. The van der Waals surface area contributed by atoms with Crippen LogP contribution in [0, 0.1) is 5.41 Å². The molecule has 44 heavy (non-hydrogen) atoms. The van der Waals surface area contributed by atoms with E-state index in [1.165, 1.54) is 40.0 Å². The van der Waals surface area contributed by atoms with Crippen molar-refractivity contribution in [3.63, 3.8) is 0 Å². The minimum atomic E-state index is -5.08. The predicted molar refractivity (Wildman–Crippen MR) is 143 cm³/mol. The molecular formula is C22H30F3N5O12S2. The molecule has 1 aromatic rings. The number of halogens is 3. The lowest BCUT2D eigenvalue weighted by Crippen LogP contribution is -2.71. The summed E-state index contributed by atoms with van der Waals surface area (Å²) >= 11 is 0.976. The molecule has 0 bridgehead atoms. The number of carboxylic acids is 2. The Morgan fingerprint density at radius 2 is 1.70 bits per heavy atom. The van der Waals surface area contributed by atoms with Crippen molar-refractivity contribution < 1.29 is 69.5 Å². The number of alkyl halides is 3. The van der Waals surface area contributed by atoms with Crippen molar-refractivity contribution in [2.75, 3.05) is 18.9 Å². The third-order valence-electron chi connectivity index (χ3n) is 5.36. The second kappa shape index (κ2) is 14.2. The van der Waals surface area contributed by atoms with Gasteiger partial charge in [0.1, 0.15) is 11.7 Å². The van der Waals surface area contributed by atoms with Gasteiger partial charge in [-0.15, -0.1) is 11.3 Å². The zero-order chi connectivity index (χ0) is 34.4. The van der Waals surface area contributed by atoms with E-state index in [4.69, 9.17) is 29.4 Å². The molecule has 2 atom stereocenters. The number of aliphatic carboxylic acids is 2. The third-order valence-corrected chi connectivity index (χ3v) is 7.45. The topological polar surface area (TPSA) is 254 Å². The minimum absolute atomic E-state index is 0.0466. The molecule has 1 aromatic heterocycles. The van der Waals surface area contributed by atoms with Crippen molar-refractivity contribution in [2.24, 2.45) is 10.6 Å². The zero-order valence-electron chi connectivity index (χ0n) is 24.0. The molecule has 1 saturated heterocycles. The Morgan fingerprint density at radius 3 is 2.11 bits per heavy atom. The number of anilines is 1. The molecule has 0 radical (unpaired) electrons. The van der Waals surface area contributed by atoms with Crippen molar-refractivity contribution in [1.29, 1.82) is 0 Å². The summed E-state index contributed by atoms with van der Waals surface area (Å²) in [5.74, 6) is -6.78. The van der Waals surface area contributed by atoms with Crippen LogP contribution in [0.4, 0.5) is 18.3 Å². The SMILES string of the molecule is CCOC(=O)C(C)(C)COS(=O)(=O)N1C(=O)[C@@H](NC(=O)/C(=N\OC(C)(C)C(=O)O)c2csc(N)n2)[C@@H]1C.O=C(O)C(F)(F)F. The number of amides is 2. The number of β-lactam (4-membered cyclic amide) rings is 1. The summed E-state index contributed by atoms with van der Waals surface area (Å²) in [4.78, 5) is 66.7. The molecular weight excluding hydrogens is 647 g/mol. The van der Waals surface area contributed by atoms with E-state index in [2.05, 4.69) is 15.5 Å². The van der Waals surface area contributed by atoms with E-state index in [9.17, 15) is 45.9 Å². The molecule has 17 nitrogen and oxygen atoms in total. The molecule has 5 N–H and O–H groups in total. The lowest BCUT2D eigenvalue weighted by Gasteiger charge is -2.43. The lowest BCUT2D eigenvalue weighted by molar-refractivity contribution is -0.192. The molecule has 2 rings (SSSR count). The Balaban J connectivity index is 0.00000123. The number of esters is 1. The average Bonchev–Trinajstić information content (AvgIpc) is 3.31. The maximum absolute atomic E-state index is 12.9. The summed E-state index contributed by atoms with van der Waals surface area (Å²) in [6, 6.07) is -2.36. The summed E-state index contributed by atoms with van der Waals surface area (Å²) in [5.41, 5.74) is 1.98. The maximum atomic E-state index is 12.9. The van der Waals surface area contributed by atoms with Gasteiger partial charge in [-0.3, -0.25) is 18.6 Å². The van der Waals surface area contributed by atoms with Gasteiger partial charge in [0.25, 0.3) is 11.8 Å². The number of nitrogen functional groups attached to an aromatic ring is 1. The number of rotatable bonds is 12. The second-order valence-corrected chi connectivity index (χ2v) is 12.2. The largest absolute Gasteiger partial charge is 0.490 e. The normalized spacial score (nSPS) is 17.5. The minimum Gasteiger partial charge on any atom is -0.478 e. The number of carbonyl (C=O) groups is 5. The van der Waals surface area contributed by atoms with Gasteiger partial charge in [-0.1, -0.05) is 5.16 Å². The number of hydrogen-bond acceptors (Lipinski definition) is 14. The van der Waals surface area contributed by atoms with E-state index in [1.54, 1.807) is 6.92 Å². The number of oxime groups is 1. The van der Waals surface area contributed by atoms with Gasteiger partial charge in [-0.2, -0.15) is 21.6 Å². The lowest BCUT2D eigenvalue weighted by atomic mass is 9.95. The first-order valence-corrected chi connectivity index (χ1v) is 14.3. The standard InChI is InChI=1S/C20H29N5O10S2.C2HF3O2/c1-7-33-17(30)19(3,4)9-34-37(31,32)25-10(2)12(15(25)27)23-14(26)13(11-8-36-18(21)22-11)24-35-20(5,6)16(28)29;3-2(4,5)1(6)7/h8,10,12H,7,9H2,1-6H3,(H2,21,22)(H,23,26)(H,28,29);(H,6,7)/b24-13-;/t10-,12-;/m0./s1. The molecule has 1 aliphatic heterocycles. The smallest absolute Gasteiger partial charge is 0.478 e. The van der Waals surface area contributed by atoms with E-state index >= 15 is 0 Å². The van der Waals surface area contributed by atoms with Crippen LogP contribution in [0.2, 0.25) is 0 Å². The van der Waals surface area contributed by atoms with Crippen LogP contribution in [0.1, 0.15) is 47.2 Å². The first kappa shape index (κ1) is 38.0. The van der Waals surface area contributed by atoms with Crippen LogP contribution >= 0.6 is 11.3 Å². The highest BCUT2D eigenvalue weighted by Gasteiger charge is 2.53. The van der Waals surface area contributed by atoms with Gasteiger partial charge in [-0.05, 0) is 41.5 Å². The summed E-state index contributed by atoms with van der Waals surface area (Å²) < 4.78 is 67.2. The molecule has 0 spiro atoms. The molecule has 2 heterocycles. The molecule has 0 aromatic carbocycles. The average molecular weight is 678 g/mol. The number of carboxylic acid groups (broad SMARTS) is 2. The first-order chi connectivity index (χ1) is 19.9. The quantitative estimate of drug-likeness (QED) is 0.102. The highest BCUT2D eigenvalue weighted by molar-refractivity contribution is 7.85. The Labute approximate surface area is 252 Å². The fourth-order valence-corrected chi connectivity index (χ4v) is 4.73. The number of hydrogen-bond donors (Lipinski definition) is 4. The van der Waals surface area contributed by atoms with Crippen LogP contribution in [0.5, 0.6) is 0 Å². The van der Waals surface area contributed by atoms with Crippen molar-refractivity contribution >= 4 is 62.2 Å². The van der Waals surface area contributed by atoms with Crippen molar-refractivity contribution in [3.05, 3.63) is 11.1 Å². The monoisotopic (exact) mass is 677 g/mol. The fraction of sp³-hybridized carbons (Fsp3) is 0.591. The molecule has 1 aliphatic rings. The molecule has 0 unspecified atom stereocenters. The van der Waals surface area contributed by atoms with Gasteiger partial charge in [0.15, 0.2) is 10.8 Å². The van der Waals surface area contributed by atoms with Gasteiger partial charge >= 0.3 is 34.4 Å². The Morgan fingerprint density at radius 1 is 1.16 bits per heavy atom. The summed E-state index contributed by atoms with van der Waals surface area (Å²) in [7, 11) is -4.60. The number of nitrogens with two attached hydrogens (primary N) is 1. The third kappa shape index (κ3) is 9.74. The van der Waals surface area contributed by atoms with Gasteiger partial charge in [-0.25, -0.2) is 18.9 Å². The van der Waals surface area contributed by atoms with Crippen LogP contribution in [0.15, 0.2) is 10.5 Å². The van der Waals surface area contributed by atoms with Crippen LogP contribution in [0.3, 0.4) is 0 Å². The van der Waals surface area contributed by atoms with E-state index in [-0.39, 0.29) is 17.4 Å². The van der Waals surface area contributed by atoms with Gasteiger partial charge in [0, 0.05) is 5.38 Å². The molecule has 248 valence electrons. The maximum Gasteiger partial charge on any atom is 0.490 e. The molecule has 1 fully saturated rings. The molecule has 2 amide bonds. The van der Waals surface area contributed by atoms with E-state index in [0.717, 1.165) is 11.3 Å². The molecule has 22 heteroatoms. The van der Waals surface area contributed by atoms with Crippen LogP contribution < -0.4 is 11.1 Å². The van der Waals surface area contributed by atoms with Crippen molar-refractivity contribution in [3.8, 4) is 0 Å². The van der Waals surface area contributed by atoms with Gasteiger partial charge in [0.2, 0.25) is 5.60 Å². The summed E-state index contributed by atoms with van der Waals surface area (Å²) in [6.07, 6.45) is -5.08. The highest BCUT2D eigenvalue weighted by atomic mass is 32.2. The zero-order valence-corrected chi connectivity index (χ0v) is 25.6. The highest BCUT2D eigenvalue weighted by Crippen LogP contribution is 2.27. The van der Waals surface area contributed by atoms with E-state index < -0.39 is 81.6 Å². The van der Waals surface area contributed by atoms with Gasteiger partial charge < -0.3 is 30.8 Å². The second-order valence-electron chi connectivity index (χ2n) is 9.87. The Kier molecular flexibility index (Phi) is 12.2. The van der Waals surface area contributed by atoms with Crippen LogP contribution in [0.25, 0.3) is 0 Å². The fourth-order valence-electron chi connectivity index (χ4n) is 2.77. The summed E-state index contributed by atoms with van der Waals surface area (Å²) in [5, 5.41) is 23.7. The van der Waals surface area contributed by atoms with Crippen LogP contribution in [-0.2, 0) is 48.0 Å². The summed E-state index contributed by atoms with van der Waals surface area (Å²) in [6.45, 7) is 7.70. The van der Waals surface area contributed by atoms with E-state index in [1.807, 2.05) is 0 Å². The van der Waals surface area contributed by atoms with Crippen molar-refractivity contribution in [2.45, 2.75) is 65.4 Å². The van der Waals surface area contributed by atoms with Gasteiger partial charge in [0.05, 0.1) is 24.7 Å².